The number of alkyl halides is 2. The Kier molecular flexibility index (Phi) is 2.57. The molecule has 0 unspecified atom stereocenters. The summed E-state index contributed by atoms with van der Waals surface area (Å²) < 4.78 is 25.0. The van der Waals surface area contributed by atoms with Gasteiger partial charge in [0.15, 0.2) is 0 Å². The van der Waals surface area contributed by atoms with Crippen LogP contribution in [0.5, 0.6) is 0 Å². The van der Waals surface area contributed by atoms with Gasteiger partial charge in [-0.15, -0.1) is 0 Å². The molecule has 0 aliphatic carbocycles. The van der Waals surface area contributed by atoms with E-state index < -0.39 is 6.43 Å². The van der Waals surface area contributed by atoms with Crippen molar-refractivity contribution in [1.82, 2.24) is 9.78 Å². The van der Waals surface area contributed by atoms with Gasteiger partial charge in [0.2, 0.25) is 6.43 Å². The third kappa shape index (κ3) is 2.29. The van der Waals surface area contributed by atoms with Crippen molar-refractivity contribution < 1.29 is 8.78 Å². The Labute approximate surface area is 63.8 Å². The van der Waals surface area contributed by atoms with Crippen LogP contribution in [0.25, 0.3) is 0 Å². The van der Waals surface area contributed by atoms with E-state index in [0.29, 0.717) is 6.54 Å². The molecule has 1 aromatic heterocycles. The molecule has 0 N–H and O–H groups in total. The molecule has 1 aromatic rings. The van der Waals surface area contributed by atoms with E-state index in [9.17, 15) is 8.78 Å². The average Bonchev–Trinajstić information content (AvgIpc) is 2.31. The fraction of sp³-hybridized carbons (Fsp3) is 0.571. The Balaban J connectivity index is 2.44. The number of halogens is 2. The van der Waals surface area contributed by atoms with Crippen molar-refractivity contribution in [2.45, 2.75) is 26.3 Å². The minimum absolute atomic E-state index is 0.123. The number of aryl methyl sites for hydroxylation is 2. The van der Waals surface area contributed by atoms with E-state index in [-0.39, 0.29) is 6.42 Å². The molecule has 0 aliphatic rings. The highest BCUT2D eigenvalue weighted by Crippen LogP contribution is 2.03. The largest absolute Gasteiger partial charge is 0.270 e. The first-order valence-electron chi connectivity index (χ1n) is 3.46. The molecular weight excluding hydrogens is 150 g/mol. The van der Waals surface area contributed by atoms with Gasteiger partial charge in [-0.25, -0.2) is 8.78 Å². The van der Waals surface area contributed by atoms with Gasteiger partial charge in [0.1, 0.15) is 0 Å². The monoisotopic (exact) mass is 160 g/mol. The summed E-state index contributed by atoms with van der Waals surface area (Å²) in [4.78, 5) is 0. The molecule has 0 saturated heterocycles. The van der Waals surface area contributed by atoms with E-state index in [1.165, 1.54) is 0 Å². The highest BCUT2D eigenvalue weighted by Gasteiger charge is 2.03. The van der Waals surface area contributed by atoms with Crippen molar-refractivity contribution >= 4 is 0 Å². The van der Waals surface area contributed by atoms with E-state index in [0.717, 1.165) is 5.69 Å². The van der Waals surface area contributed by atoms with Gasteiger partial charge in [-0.2, -0.15) is 5.10 Å². The van der Waals surface area contributed by atoms with Crippen molar-refractivity contribution in [3.05, 3.63) is 18.0 Å². The highest BCUT2D eigenvalue weighted by molar-refractivity contribution is 4.96. The van der Waals surface area contributed by atoms with E-state index in [1.54, 1.807) is 16.9 Å². The molecule has 11 heavy (non-hydrogen) atoms. The first-order chi connectivity index (χ1) is 5.20. The standard InChI is InChI=1S/C7H10F2N2/c1-6-2-4-10-11(6)5-3-7(8)9/h2,4,7H,3,5H2,1H3. The second-order valence-electron chi connectivity index (χ2n) is 2.38. The predicted octanol–water partition coefficient (Wildman–Crippen LogP) is 1.85. The lowest BCUT2D eigenvalue weighted by atomic mass is 10.4. The van der Waals surface area contributed by atoms with Gasteiger partial charge in [-0.05, 0) is 13.0 Å². The molecule has 0 bridgehead atoms. The molecule has 0 spiro atoms. The Morgan fingerprint density at radius 1 is 1.64 bits per heavy atom. The van der Waals surface area contributed by atoms with Crippen molar-refractivity contribution in [2.24, 2.45) is 0 Å². The Morgan fingerprint density at radius 3 is 2.82 bits per heavy atom. The summed E-state index contributed by atoms with van der Waals surface area (Å²) in [6.07, 6.45) is -0.748. The third-order valence-electron chi connectivity index (χ3n) is 1.49. The fourth-order valence-corrected chi connectivity index (χ4v) is 0.853. The molecular formula is C7H10F2N2. The summed E-state index contributed by atoms with van der Waals surface area (Å²) >= 11 is 0. The molecule has 0 radical (unpaired) electrons. The number of rotatable bonds is 3. The zero-order chi connectivity index (χ0) is 8.27. The molecule has 0 saturated carbocycles. The normalized spacial score (nSPS) is 10.9. The van der Waals surface area contributed by atoms with Crippen LogP contribution in [0.15, 0.2) is 12.3 Å². The van der Waals surface area contributed by atoms with Gasteiger partial charge < -0.3 is 0 Å². The number of hydrogen-bond acceptors (Lipinski definition) is 1. The van der Waals surface area contributed by atoms with Gasteiger partial charge in [-0.1, -0.05) is 0 Å². The number of hydrogen-bond donors (Lipinski definition) is 0. The number of aromatic nitrogens is 2. The first-order valence-corrected chi connectivity index (χ1v) is 3.46. The summed E-state index contributed by atoms with van der Waals surface area (Å²) in [7, 11) is 0. The maximum Gasteiger partial charge on any atom is 0.240 e. The van der Waals surface area contributed by atoms with Crippen LogP contribution in [0.4, 0.5) is 8.78 Å². The fourth-order valence-electron chi connectivity index (χ4n) is 0.853. The first kappa shape index (κ1) is 8.17. The minimum atomic E-state index is -2.24. The van der Waals surface area contributed by atoms with Gasteiger partial charge in [-0.3, -0.25) is 4.68 Å². The van der Waals surface area contributed by atoms with E-state index in [2.05, 4.69) is 5.10 Å². The zero-order valence-corrected chi connectivity index (χ0v) is 6.30. The topological polar surface area (TPSA) is 17.8 Å². The predicted molar refractivity (Wildman–Crippen MR) is 37.6 cm³/mol. The Bertz CT molecular complexity index is 220. The van der Waals surface area contributed by atoms with E-state index >= 15 is 0 Å². The zero-order valence-electron chi connectivity index (χ0n) is 6.30. The second-order valence-corrected chi connectivity index (χ2v) is 2.38. The van der Waals surface area contributed by atoms with Crippen molar-refractivity contribution in [3.63, 3.8) is 0 Å². The van der Waals surface area contributed by atoms with E-state index in [1.807, 2.05) is 6.92 Å². The minimum Gasteiger partial charge on any atom is -0.270 e. The molecule has 0 atom stereocenters. The van der Waals surface area contributed by atoms with E-state index in [4.69, 9.17) is 0 Å². The van der Waals surface area contributed by atoms with Crippen LogP contribution >= 0.6 is 0 Å². The van der Waals surface area contributed by atoms with Crippen LogP contribution in [0.3, 0.4) is 0 Å². The molecule has 4 heteroatoms. The molecule has 1 rings (SSSR count). The third-order valence-corrected chi connectivity index (χ3v) is 1.49. The van der Waals surface area contributed by atoms with Crippen LogP contribution in [-0.2, 0) is 6.54 Å². The Hall–Kier alpha value is -0.930. The lowest BCUT2D eigenvalue weighted by molar-refractivity contribution is 0.129. The van der Waals surface area contributed by atoms with Crippen LogP contribution < -0.4 is 0 Å². The van der Waals surface area contributed by atoms with Gasteiger partial charge in [0, 0.05) is 24.9 Å². The highest BCUT2D eigenvalue weighted by atomic mass is 19.3. The Morgan fingerprint density at radius 2 is 2.36 bits per heavy atom. The van der Waals surface area contributed by atoms with Crippen LogP contribution in [0.2, 0.25) is 0 Å². The summed E-state index contributed by atoms with van der Waals surface area (Å²) in [5, 5.41) is 3.87. The SMILES string of the molecule is Cc1ccnn1CCC(F)F. The molecule has 0 aromatic carbocycles. The lowest BCUT2D eigenvalue weighted by Gasteiger charge is -2.02. The van der Waals surface area contributed by atoms with Gasteiger partial charge in [0.05, 0.1) is 0 Å². The van der Waals surface area contributed by atoms with Gasteiger partial charge >= 0.3 is 0 Å². The maximum absolute atomic E-state index is 11.7. The summed E-state index contributed by atoms with van der Waals surface area (Å²) in [5.41, 5.74) is 0.922. The van der Waals surface area contributed by atoms with Crippen molar-refractivity contribution in [3.8, 4) is 0 Å². The molecule has 0 amide bonds. The van der Waals surface area contributed by atoms with Crippen LogP contribution in [0, 0.1) is 6.92 Å². The second kappa shape index (κ2) is 3.46. The van der Waals surface area contributed by atoms with Crippen molar-refractivity contribution in [2.75, 3.05) is 0 Å². The molecule has 0 fully saturated rings. The molecule has 2 nitrogen and oxygen atoms in total. The van der Waals surface area contributed by atoms with Crippen LogP contribution in [-0.4, -0.2) is 16.2 Å². The summed E-state index contributed by atoms with van der Waals surface area (Å²) in [5.74, 6) is 0. The quantitative estimate of drug-likeness (QED) is 0.659. The summed E-state index contributed by atoms with van der Waals surface area (Å²) in [6.45, 7) is 2.15. The molecule has 1 heterocycles. The van der Waals surface area contributed by atoms with Crippen LogP contribution in [0.1, 0.15) is 12.1 Å². The smallest absolute Gasteiger partial charge is 0.240 e. The summed E-state index contributed by atoms with van der Waals surface area (Å²) in [6, 6.07) is 1.80. The molecule has 62 valence electrons. The average molecular weight is 160 g/mol. The molecule has 0 aliphatic heterocycles. The van der Waals surface area contributed by atoms with Crippen molar-refractivity contribution in [1.29, 1.82) is 0 Å². The van der Waals surface area contributed by atoms with Gasteiger partial charge in [0.25, 0.3) is 0 Å². The maximum atomic E-state index is 11.7. The lowest BCUT2D eigenvalue weighted by Crippen LogP contribution is -2.05. The number of nitrogens with zero attached hydrogens (tertiary/aromatic N) is 2.